The average Bonchev–Trinajstić information content (AvgIpc) is 3.04. The van der Waals surface area contributed by atoms with Crippen molar-refractivity contribution in [1.82, 2.24) is 19.8 Å². The zero-order valence-electron chi connectivity index (χ0n) is 13.1. The second-order valence-electron chi connectivity index (χ2n) is 4.40. The summed E-state index contributed by atoms with van der Waals surface area (Å²) in [4.78, 5) is 21.6. The Bertz CT molecular complexity index is 522. The Labute approximate surface area is 125 Å². The molecule has 21 heavy (non-hydrogen) atoms. The van der Waals surface area contributed by atoms with Gasteiger partial charge in [-0.25, -0.2) is 4.98 Å². The van der Waals surface area contributed by atoms with Gasteiger partial charge in [0.1, 0.15) is 7.11 Å². The highest BCUT2D eigenvalue weighted by Crippen LogP contribution is 2.18. The summed E-state index contributed by atoms with van der Waals surface area (Å²) < 4.78 is 2.05. The molecule has 1 aliphatic heterocycles. The quantitative estimate of drug-likeness (QED) is 0.297. The molecule has 0 spiro atoms. The van der Waals surface area contributed by atoms with Gasteiger partial charge in [-0.2, -0.15) is 0 Å². The Morgan fingerprint density at radius 2 is 2.29 bits per heavy atom. The van der Waals surface area contributed by atoms with Gasteiger partial charge in [-0.15, -0.1) is 6.58 Å². The summed E-state index contributed by atoms with van der Waals surface area (Å²) in [6.07, 6.45) is 2.44. The standard InChI is InChI=1S/C11H17N5O2.C3H6/c1-4-16-9-6-12-5-8(9)13-10(16)11(14-18-3)15(2)7-17;1-3-2/h7,12H,4-6H2,1-3H3;3H,1H2,2H3/b14-11-;. The number of nitrogens with one attached hydrogen (secondary N) is 1. The number of hydrogen-bond donors (Lipinski definition) is 1. The van der Waals surface area contributed by atoms with Crippen LogP contribution in [0.15, 0.2) is 17.8 Å². The molecular weight excluding hydrogens is 270 g/mol. The highest BCUT2D eigenvalue weighted by Gasteiger charge is 2.25. The summed E-state index contributed by atoms with van der Waals surface area (Å²) in [5.41, 5.74) is 2.16. The molecule has 0 fully saturated rings. The number of carbonyl (C=O) groups excluding carboxylic acids is 1. The summed E-state index contributed by atoms with van der Waals surface area (Å²) in [7, 11) is 3.08. The summed E-state index contributed by atoms with van der Waals surface area (Å²) in [6.45, 7) is 9.60. The first-order valence-corrected chi connectivity index (χ1v) is 6.80. The number of fused-ring (bicyclic) bond motifs is 1. The first-order valence-electron chi connectivity index (χ1n) is 6.80. The zero-order chi connectivity index (χ0) is 15.8. The first kappa shape index (κ1) is 16.9. The van der Waals surface area contributed by atoms with E-state index >= 15 is 0 Å². The molecule has 2 heterocycles. The summed E-state index contributed by atoms with van der Waals surface area (Å²) in [6, 6.07) is 0. The molecule has 7 nitrogen and oxygen atoms in total. The van der Waals surface area contributed by atoms with Crippen molar-refractivity contribution < 1.29 is 9.63 Å². The van der Waals surface area contributed by atoms with E-state index in [2.05, 4.69) is 22.0 Å². The highest BCUT2D eigenvalue weighted by molar-refractivity contribution is 6.01. The summed E-state index contributed by atoms with van der Waals surface area (Å²) in [5, 5.41) is 7.14. The number of hydrogen-bond acceptors (Lipinski definition) is 5. The monoisotopic (exact) mass is 293 g/mol. The van der Waals surface area contributed by atoms with Gasteiger partial charge in [0, 0.05) is 26.7 Å². The molecule has 0 saturated carbocycles. The molecule has 116 valence electrons. The van der Waals surface area contributed by atoms with E-state index in [0.29, 0.717) is 18.1 Å². The second kappa shape index (κ2) is 8.21. The lowest BCUT2D eigenvalue weighted by Crippen LogP contribution is -2.30. The molecule has 0 aromatic carbocycles. The molecule has 1 aromatic heterocycles. The van der Waals surface area contributed by atoms with Crippen molar-refractivity contribution in [1.29, 1.82) is 0 Å². The maximum Gasteiger partial charge on any atom is 0.217 e. The molecule has 0 bridgehead atoms. The number of carbonyl (C=O) groups is 1. The Balaban J connectivity index is 0.000000677. The van der Waals surface area contributed by atoms with Crippen LogP contribution >= 0.6 is 0 Å². The van der Waals surface area contributed by atoms with Crippen LogP contribution in [0.1, 0.15) is 31.1 Å². The molecule has 0 saturated heterocycles. The van der Waals surface area contributed by atoms with E-state index in [1.807, 2.05) is 18.4 Å². The fraction of sp³-hybridized carbons (Fsp3) is 0.500. The maximum atomic E-state index is 10.9. The lowest BCUT2D eigenvalue weighted by molar-refractivity contribution is -0.114. The van der Waals surface area contributed by atoms with Crippen molar-refractivity contribution in [3.8, 4) is 0 Å². The maximum absolute atomic E-state index is 10.9. The van der Waals surface area contributed by atoms with Gasteiger partial charge in [0.05, 0.1) is 11.4 Å². The van der Waals surface area contributed by atoms with E-state index in [-0.39, 0.29) is 0 Å². The van der Waals surface area contributed by atoms with E-state index in [1.54, 1.807) is 13.1 Å². The van der Waals surface area contributed by atoms with Crippen LogP contribution < -0.4 is 5.32 Å². The highest BCUT2D eigenvalue weighted by atomic mass is 16.6. The number of allylic oxidation sites excluding steroid dienone is 1. The van der Waals surface area contributed by atoms with Gasteiger partial charge in [0.2, 0.25) is 12.2 Å². The number of imidazole rings is 1. The summed E-state index contributed by atoms with van der Waals surface area (Å²) in [5.74, 6) is 1.09. The molecular formula is C14H23N5O2. The van der Waals surface area contributed by atoms with E-state index < -0.39 is 0 Å². The van der Waals surface area contributed by atoms with Crippen molar-refractivity contribution >= 4 is 12.2 Å². The number of nitrogens with zero attached hydrogens (tertiary/aromatic N) is 4. The first-order chi connectivity index (χ1) is 10.1. The zero-order valence-corrected chi connectivity index (χ0v) is 13.1. The van der Waals surface area contributed by atoms with Gasteiger partial charge >= 0.3 is 0 Å². The molecule has 7 heteroatoms. The van der Waals surface area contributed by atoms with Crippen molar-refractivity contribution in [2.75, 3.05) is 14.2 Å². The molecule has 0 aliphatic carbocycles. The van der Waals surface area contributed by atoms with Crippen molar-refractivity contribution in [2.45, 2.75) is 33.5 Å². The minimum Gasteiger partial charge on any atom is -0.397 e. The van der Waals surface area contributed by atoms with Crippen molar-refractivity contribution in [2.24, 2.45) is 5.16 Å². The Morgan fingerprint density at radius 1 is 1.62 bits per heavy atom. The van der Waals surface area contributed by atoms with Crippen LogP contribution in [0, 0.1) is 0 Å². The van der Waals surface area contributed by atoms with E-state index in [0.717, 1.165) is 31.0 Å². The van der Waals surface area contributed by atoms with Crippen LogP contribution in [-0.2, 0) is 29.3 Å². The molecule has 1 aromatic rings. The molecule has 0 unspecified atom stereocenters. The van der Waals surface area contributed by atoms with E-state index in [1.165, 1.54) is 12.0 Å². The van der Waals surface area contributed by atoms with Crippen molar-refractivity contribution in [3.05, 3.63) is 29.9 Å². The van der Waals surface area contributed by atoms with Crippen LogP contribution in [0.25, 0.3) is 0 Å². The van der Waals surface area contributed by atoms with Gasteiger partial charge in [0.25, 0.3) is 0 Å². The molecule has 1 aliphatic rings. The molecule has 0 atom stereocenters. The van der Waals surface area contributed by atoms with E-state index in [9.17, 15) is 4.79 Å². The number of aromatic nitrogens is 2. The van der Waals surface area contributed by atoms with Gasteiger partial charge in [-0.05, 0) is 13.8 Å². The fourth-order valence-corrected chi connectivity index (χ4v) is 2.09. The molecule has 2 rings (SSSR count). The Morgan fingerprint density at radius 3 is 2.81 bits per heavy atom. The van der Waals surface area contributed by atoms with Crippen LogP contribution in [-0.4, -0.2) is 40.9 Å². The average molecular weight is 293 g/mol. The topological polar surface area (TPSA) is 71.8 Å². The third-order valence-electron chi connectivity index (χ3n) is 2.93. The van der Waals surface area contributed by atoms with Gasteiger partial charge in [0.15, 0.2) is 5.82 Å². The molecule has 0 radical (unpaired) electrons. The Hall–Kier alpha value is -2.15. The fourth-order valence-electron chi connectivity index (χ4n) is 2.09. The number of oxime groups is 1. The van der Waals surface area contributed by atoms with Crippen molar-refractivity contribution in [3.63, 3.8) is 0 Å². The molecule has 1 amide bonds. The summed E-state index contributed by atoms with van der Waals surface area (Å²) >= 11 is 0. The number of amides is 1. The van der Waals surface area contributed by atoms with Crippen LogP contribution in [0.3, 0.4) is 0 Å². The number of rotatable bonds is 4. The predicted molar refractivity (Wildman–Crippen MR) is 81.7 cm³/mol. The minimum atomic E-state index is 0.420. The third-order valence-corrected chi connectivity index (χ3v) is 2.93. The van der Waals surface area contributed by atoms with E-state index in [4.69, 9.17) is 4.84 Å². The van der Waals surface area contributed by atoms with Crippen LogP contribution in [0.5, 0.6) is 0 Å². The lowest BCUT2D eigenvalue weighted by Gasteiger charge is -2.14. The number of amidine groups is 1. The lowest BCUT2D eigenvalue weighted by atomic mass is 10.4. The van der Waals surface area contributed by atoms with Gasteiger partial charge in [-0.3, -0.25) is 9.69 Å². The predicted octanol–water partition coefficient (Wildman–Crippen LogP) is 1.09. The largest absolute Gasteiger partial charge is 0.397 e. The Kier molecular flexibility index (Phi) is 6.61. The smallest absolute Gasteiger partial charge is 0.217 e. The third kappa shape index (κ3) is 3.69. The van der Waals surface area contributed by atoms with Crippen LogP contribution in [0.4, 0.5) is 0 Å². The second-order valence-corrected chi connectivity index (χ2v) is 4.40. The van der Waals surface area contributed by atoms with Gasteiger partial charge in [-0.1, -0.05) is 11.2 Å². The minimum absolute atomic E-state index is 0.420. The normalized spacial score (nSPS) is 13.0. The van der Waals surface area contributed by atoms with Gasteiger partial charge < -0.3 is 14.7 Å². The van der Waals surface area contributed by atoms with Crippen LogP contribution in [0.2, 0.25) is 0 Å². The SMILES string of the molecule is C=CC.CCn1c(/C(=N/OC)N(C)C=O)nc2c1CNC2. The molecule has 1 N–H and O–H groups in total.